The monoisotopic (exact) mass is 241 g/mol. The molecule has 0 fully saturated rings. The molecule has 1 amide bonds. The maximum Gasteiger partial charge on any atom is 0.408 e. The molecule has 0 rings (SSSR count). The van der Waals surface area contributed by atoms with Gasteiger partial charge in [-0.05, 0) is 33.6 Å². The highest BCUT2D eigenvalue weighted by atomic mass is 16.6. The van der Waals surface area contributed by atoms with Crippen molar-refractivity contribution in [1.29, 1.82) is 0 Å². The quantitative estimate of drug-likeness (QED) is 0.702. The van der Waals surface area contributed by atoms with E-state index < -0.39 is 17.2 Å². The lowest BCUT2D eigenvalue weighted by molar-refractivity contribution is 0.0402. The van der Waals surface area contributed by atoms with Gasteiger partial charge in [-0.2, -0.15) is 0 Å². The summed E-state index contributed by atoms with van der Waals surface area (Å²) in [6.07, 6.45) is 3.66. The van der Waals surface area contributed by atoms with Gasteiger partial charge in [0.15, 0.2) is 0 Å². The Morgan fingerprint density at radius 3 is 2.06 bits per heavy atom. The number of hydrogen-bond donors (Lipinski definition) is 2. The number of aliphatic hydroxyl groups excluding tert-OH is 1. The average Bonchev–Trinajstić information content (AvgIpc) is 2.15. The molecule has 0 aliphatic heterocycles. The Balaban J connectivity index is 4.67. The summed E-state index contributed by atoms with van der Waals surface area (Å²) in [7, 11) is 0. The second kappa shape index (κ2) is 6.45. The third-order valence-electron chi connectivity index (χ3n) is 2.14. The van der Waals surface area contributed by atoms with Crippen LogP contribution in [0.1, 0.15) is 33.6 Å². The highest BCUT2D eigenvalue weighted by molar-refractivity contribution is 5.69. The van der Waals surface area contributed by atoms with Gasteiger partial charge in [0, 0.05) is 0 Å². The number of carbonyl (C=O) groups excluding carboxylic acids is 1. The first-order valence-electron chi connectivity index (χ1n) is 5.62. The highest BCUT2D eigenvalue weighted by Crippen LogP contribution is 2.17. The summed E-state index contributed by atoms with van der Waals surface area (Å²) in [5.41, 5.74) is -1.33. The molecule has 0 radical (unpaired) electrons. The Labute approximate surface area is 103 Å². The molecular weight excluding hydrogens is 218 g/mol. The molecule has 0 aromatic carbocycles. The summed E-state index contributed by atoms with van der Waals surface area (Å²) in [5.74, 6) is 0. The molecule has 0 bridgehead atoms. The topological polar surface area (TPSA) is 58.6 Å². The molecule has 0 aromatic rings. The third-order valence-corrected chi connectivity index (χ3v) is 2.14. The van der Waals surface area contributed by atoms with E-state index in [1.165, 1.54) is 0 Å². The summed E-state index contributed by atoms with van der Waals surface area (Å²) < 4.78 is 5.16. The van der Waals surface area contributed by atoms with Gasteiger partial charge in [0.05, 0.1) is 12.1 Å². The van der Waals surface area contributed by atoms with Crippen molar-refractivity contribution in [2.24, 2.45) is 0 Å². The van der Waals surface area contributed by atoms with E-state index in [1.54, 1.807) is 32.9 Å². The van der Waals surface area contributed by atoms with Crippen molar-refractivity contribution in [3.63, 3.8) is 0 Å². The van der Waals surface area contributed by atoms with Crippen LogP contribution in [0.5, 0.6) is 0 Å². The van der Waals surface area contributed by atoms with Crippen LogP contribution in [0.4, 0.5) is 4.79 Å². The number of amides is 1. The number of ether oxygens (including phenoxy) is 1. The summed E-state index contributed by atoms with van der Waals surface area (Å²) in [6.45, 7) is 12.4. The number of hydrogen-bond acceptors (Lipinski definition) is 3. The van der Waals surface area contributed by atoms with Gasteiger partial charge in [-0.3, -0.25) is 0 Å². The molecule has 0 aliphatic carbocycles. The standard InChI is InChI=1S/C13H23NO3/c1-6-8-13(10-15,9-7-2)14-11(16)17-12(3,4)5/h6-7,15H,1-2,8-10H2,3-5H3,(H,14,16). The number of aliphatic hydroxyl groups is 1. The van der Waals surface area contributed by atoms with Gasteiger partial charge >= 0.3 is 6.09 Å². The van der Waals surface area contributed by atoms with Gasteiger partial charge in [0.25, 0.3) is 0 Å². The van der Waals surface area contributed by atoms with E-state index in [1.807, 2.05) is 0 Å². The van der Waals surface area contributed by atoms with Crippen LogP contribution in [0.25, 0.3) is 0 Å². The summed E-state index contributed by atoms with van der Waals surface area (Å²) in [4.78, 5) is 11.7. The van der Waals surface area contributed by atoms with Crippen molar-refractivity contribution in [2.75, 3.05) is 6.61 Å². The lowest BCUT2D eigenvalue weighted by atomic mass is 9.92. The molecule has 0 aromatic heterocycles. The molecule has 0 saturated carbocycles. The maximum absolute atomic E-state index is 11.7. The van der Waals surface area contributed by atoms with Crippen molar-refractivity contribution < 1.29 is 14.6 Å². The van der Waals surface area contributed by atoms with E-state index >= 15 is 0 Å². The van der Waals surface area contributed by atoms with Crippen molar-refractivity contribution in [3.8, 4) is 0 Å². The van der Waals surface area contributed by atoms with Crippen molar-refractivity contribution in [3.05, 3.63) is 25.3 Å². The fourth-order valence-corrected chi connectivity index (χ4v) is 1.43. The van der Waals surface area contributed by atoms with Crippen LogP contribution in [0.15, 0.2) is 25.3 Å². The largest absolute Gasteiger partial charge is 0.444 e. The minimum atomic E-state index is -0.772. The van der Waals surface area contributed by atoms with Gasteiger partial charge in [-0.25, -0.2) is 4.79 Å². The molecule has 98 valence electrons. The van der Waals surface area contributed by atoms with E-state index in [0.29, 0.717) is 12.8 Å². The summed E-state index contributed by atoms with van der Waals surface area (Å²) in [5, 5.41) is 12.1. The highest BCUT2D eigenvalue weighted by Gasteiger charge is 2.30. The molecule has 0 heterocycles. The first kappa shape index (κ1) is 15.7. The Morgan fingerprint density at radius 1 is 1.29 bits per heavy atom. The van der Waals surface area contributed by atoms with Gasteiger partial charge in [-0.15, -0.1) is 13.2 Å². The Morgan fingerprint density at radius 2 is 1.76 bits per heavy atom. The second-order valence-corrected chi connectivity index (χ2v) is 5.05. The molecule has 17 heavy (non-hydrogen) atoms. The van der Waals surface area contributed by atoms with Crippen molar-refractivity contribution in [1.82, 2.24) is 5.32 Å². The van der Waals surface area contributed by atoms with Crippen LogP contribution in [-0.2, 0) is 4.74 Å². The van der Waals surface area contributed by atoms with Crippen LogP contribution in [0, 0.1) is 0 Å². The van der Waals surface area contributed by atoms with Crippen molar-refractivity contribution >= 4 is 6.09 Å². The summed E-state index contributed by atoms with van der Waals surface area (Å²) >= 11 is 0. The lowest BCUT2D eigenvalue weighted by Crippen LogP contribution is -2.52. The SMILES string of the molecule is C=CCC(CO)(CC=C)NC(=O)OC(C)(C)C. The minimum absolute atomic E-state index is 0.190. The zero-order valence-electron chi connectivity index (χ0n) is 11.0. The van der Waals surface area contributed by atoms with Crippen molar-refractivity contribution in [2.45, 2.75) is 44.8 Å². The molecule has 0 aliphatic rings. The van der Waals surface area contributed by atoms with Gasteiger partial charge in [-0.1, -0.05) is 12.2 Å². The molecule has 4 heteroatoms. The molecule has 2 N–H and O–H groups in total. The van der Waals surface area contributed by atoms with Gasteiger partial charge in [0.2, 0.25) is 0 Å². The van der Waals surface area contributed by atoms with Crippen LogP contribution in [0.3, 0.4) is 0 Å². The molecule has 0 saturated heterocycles. The third kappa shape index (κ3) is 6.12. The zero-order valence-corrected chi connectivity index (χ0v) is 11.0. The Bertz CT molecular complexity index is 269. The normalized spacial score (nSPS) is 11.8. The predicted octanol–water partition coefficient (Wildman–Crippen LogP) is 2.39. The predicted molar refractivity (Wildman–Crippen MR) is 68.8 cm³/mol. The minimum Gasteiger partial charge on any atom is -0.444 e. The van der Waals surface area contributed by atoms with E-state index in [9.17, 15) is 9.90 Å². The van der Waals surface area contributed by atoms with E-state index in [0.717, 1.165) is 0 Å². The van der Waals surface area contributed by atoms with E-state index in [2.05, 4.69) is 18.5 Å². The van der Waals surface area contributed by atoms with Crippen LogP contribution >= 0.6 is 0 Å². The molecular formula is C13H23NO3. The first-order chi connectivity index (χ1) is 7.78. The number of alkyl carbamates (subject to hydrolysis) is 1. The number of nitrogens with one attached hydrogen (secondary N) is 1. The molecule has 0 unspecified atom stereocenters. The Kier molecular flexibility index (Phi) is 5.96. The zero-order chi connectivity index (χ0) is 13.5. The fourth-order valence-electron chi connectivity index (χ4n) is 1.43. The second-order valence-electron chi connectivity index (χ2n) is 5.05. The molecule has 4 nitrogen and oxygen atoms in total. The van der Waals surface area contributed by atoms with Crippen LogP contribution in [0.2, 0.25) is 0 Å². The van der Waals surface area contributed by atoms with Crippen LogP contribution < -0.4 is 5.32 Å². The average molecular weight is 241 g/mol. The maximum atomic E-state index is 11.7. The lowest BCUT2D eigenvalue weighted by Gasteiger charge is -2.32. The Hall–Kier alpha value is -1.29. The molecule has 0 spiro atoms. The number of carbonyl (C=O) groups is 1. The van der Waals surface area contributed by atoms with Gasteiger partial charge in [0.1, 0.15) is 5.60 Å². The smallest absolute Gasteiger partial charge is 0.408 e. The fraction of sp³-hybridized carbons (Fsp3) is 0.615. The summed E-state index contributed by atoms with van der Waals surface area (Å²) in [6, 6.07) is 0. The van der Waals surface area contributed by atoms with E-state index in [-0.39, 0.29) is 6.61 Å². The molecule has 0 atom stereocenters. The number of rotatable bonds is 6. The van der Waals surface area contributed by atoms with E-state index in [4.69, 9.17) is 4.74 Å². The van der Waals surface area contributed by atoms with Gasteiger partial charge < -0.3 is 15.2 Å². The van der Waals surface area contributed by atoms with Crippen LogP contribution in [-0.4, -0.2) is 28.9 Å². The first-order valence-corrected chi connectivity index (χ1v) is 5.62.